The van der Waals surface area contributed by atoms with Crippen LogP contribution in [0.15, 0.2) is 0 Å². The number of likely N-dealkylation sites (tertiary alicyclic amines) is 1. The molecule has 4 heteroatoms. The Bertz CT molecular complexity index is 221. The van der Waals surface area contributed by atoms with Crippen molar-refractivity contribution in [3.63, 3.8) is 0 Å². The fourth-order valence-corrected chi connectivity index (χ4v) is 2.90. The van der Waals surface area contributed by atoms with Crippen molar-refractivity contribution in [3.05, 3.63) is 0 Å². The Hall–Kier alpha value is -0.160. The van der Waals surface area contributed by atoms with Crippen molar-refractivity contribution in [2.75, 3.05) is 32.8 Å². The summed E-state index contributed by atoms with van der Waals surface area (Å²) in [5.41, 5.74) is 0. The monoisotopic (exact) mass is 242 g/mol. The summed E-state index contributed by atoms with van der Waals surface area (Å²) in [5.74, 6) is 0.640. The number of aliphatic hydroxyl groups is 2. The highest BCUT2D eigenvalue weighted by molar-refractivity contribution is 4.92. The zero-order valence-electron chi connectivity index (χ0n) is 10.6. The molecule has 1 aliphatic heterocycles. The van der Waals surface area contributed by atoms with Gasteiger partial charge in [0.15, 0.2) is 0 Å². The highest BCUT2D eigenvalue weighted by Gasteiger charge is 2.35. The van der Waals surface area contributed by atoms with Gasteiger partial charge in [0.05, 0.1) is 0 Å². The van der Waals surface area contributed by atoms with Crippen LogP contribution in [0.5, 0.6) is 0 Å². The first-order valence-electron chi connectivity index (χ1n) is 7.02. The van der Waals surface area contributed by atoms with Gasteiger partial charge in [-0.05, 0) is 44.6 Å². The summed E-state index contributed by atoms with van der Waals surface area (Å²) in [6.45, 7) is 3.81. The molecule has 100 valence electrons. The topological polar surface area (TPSA) is 55.7 Å². The van der Waals surface area contributed by atoms with Crippen LogP contribution >= 0.6 is 0 Å². The molecule has 2 atom stereocenters. The quantitative estimate of drug-likeness (QED) is 0.558. The molecule has 0 amide bonds. The third kappa shape index (κ3) is 4.21. The minimum atomic E-state index is 0.270. The molecular weight excluding hydrogens is 216 g/mol. The summed E-state index contributed by atoms with van der Waals surface area (Å²) in [5, 5.41) is 21.4. The average molecular weight is 242 g/mol. The van der Waals surface area contributed by atoms with E-state index in [2.05, 4.69) is 10.2 Å². The molecule has 0 radical (unpaired) electrons. The molecule has 4 nitrogen and oxygen atoms in total. The van der Waals surface area contributed by atoms with Gasteiger partial charge in [-0.25, -0.2) is 0 Å². The van der Waals surface area contributed by atoms with E-state index in [0.717, 1.165) is 32.0 Å². The van der Waals surface area contributed by atoms with Crippen molar-refractivity contribution in [3.8, 4) is 0 Å². The van der Waals surface area contributed by atoms with E-state index < -0.39 is 0 Å². The Morgan fingerprint density at radius 2 is 1.94 bits per heavy atom. The van der Waals surface area contributed by atoms with Crippen molar-refractivity contribution in [2.45, 2.75) is 44.2 Å². The maximum absolute atomic E-state index is 9.09. The SMILES string of the molecule is OCCCNC1CC(CCO)CN(C2CC2)C1. The van der Waals surface area contributed by atoms with E-state index >= 15 is 0 Å². The lowest BCUT2D eigenvalue weighted by Crippen LogP contribution is -2.50. The van der Waals surface area contributed by atoms with Crippen molar-refractivity contribution in [1.29, 1.82) is 0 Å². The predicted octanol–water partition coefficient (Wildman–Crippen LogP) is 0.194. The molecule has 1 saturated carbocycles. The van der Waals surface area contributed by atoms with E-state index in [1.54, 1.807) is 0 Å². The van der Waals surface area contributed by atoms with E-state index in [9.17, 15) is 0 Å². The molecule has 0 spiro atoms. The molecule has 1 heterocycles. The number of piperidine rings is 1. The smallest absolute Gasteiger partial charge is 0.0443 e. The minimum absolute atomic E-state index is 0.270. The van der Waals surface area contributed by atoms with Crippen LogP contribution in [-0.4, -0.2) is 60.0 Å². The Labute approximate surface area is 104 Å². The van der Waals surface area contributed by atoms with Crippen LogP contribution in [0.1, 0.15) is 32.1 Å². The van der Waals surface area contributed by atoms with E-state index in [0.29, 0.717) is 18.6 Å². The first-order valence-corrected chi connectivity index (χ1v) is 7.02. The van der Waals surface area contributed by atoms with Gasteiger partial charge in [0.2, 0.25) is 0 Å². The van der Waals surface area contributed by atoms with Gasteiger partial charge in [0, 0.05) is 38.4 Å². The van der Waals surface area contributed by atoms with Crippen molar-refractivity contribution in [1.82, 2.24) is 10.2 Å². The van der Waals surface area contributed by atoms with Gasteiger partial charge in [-0.1, -0.05) is 0 Å². The fraction of sp³-hybridized carbons (Fsp3) is 1.00. The van der Waals surface area contributed by atoms with Crippen LogP contribution in [0, 0.1) is 5.92 Å². The molecule has 1 aliphatic carbocycles. The Balaban J connectivity index is 1.78. The average Bonchev–Trinajstić information content (AvgIpc) is 3.13. The summed E-state index contributed by atoms with van der Waals surface area (Å²) in [6, 6.07) is 1.37. The normalized spacial score (nSPS) is 30.7. The summed E-state index contributed by atoms with van der Waals surface area (Å²) in [7, 11) is 0. The van der Waals surface area contributed by atoms with Crippen LogP contribution < -0.4 is 5.32 Å². The van der Waals surface area contributed by atoms with E-state index in [1.165, 1.54) is 25.8 Å². The van der Waals surface area contributed by atoms with Crippen LogP contribution in [-0.2, 0) is 0 Å². The third-order valence-electron chi connectivity index (χ3n) is 3.93. The van der Waals surface area contributed by atoms with Gasteiger partial charge in [0.25, 0.3) is 0 Å². The first-order chi connectivity index (χ1) is 8.33. The Kier molecular flexibility index (Phi) is 5.22. The molecule has 0 aromatic rings. The second kappa shape index (κ2) is 6.69. The van der Waals surface area contributed by atoms with Gasteiger partial charge in [-0.15, -0.1) is 0 Å². The standard InChI is InChI=1S/C13H26N2O2/c16-6-1-5-14-12-8-11(4-7-17)9-15(10-12)13-2-3-13/h11-14,16-17H,1-10H2. The van der Waals surface area contributed by atoms with Crippen LogP contribution in [0.4, 0.5) is 0 Å². The highest BCUT2D eigenvalue weighted by atomic mass is 16.3. The number of nitrogens with one attached hydrogen (secondary N) is 1. The largest absolute Gasteiger partial charge is 0.396 e. The second-order valence-corrected chi connectivity index (χ2v) is 5.53. The molecule has 0 aromatic carbocycles. The van der Waals surface area contributed by atoms with E-state index in [4.69, 9.17) is 10.2 Å². The van der Waals surface area contributed by atoms with Crippen molar-refractivity contribution < 1.29 is 10.2 Å². The molecule has 0 bridgehead atoms. The molecular formula is C13H26N2O2. The van der Waals surface area contributed by atoms with Gasteiger partial charge in [-0.3, -0.25) is 4.90 Å². The van der Waals surface area contributed by atoms with Gasteiger partial charge in [0.1, 0.15) is 0 Å². The first kappa shape index (κ1) is 13.3. The van der Waals surface area contributed by atoms with Crippen molar-refractivity contribution in [2.24, 2.45) is 5.92 Å². The molecule has 1 saturated heterocycles. The molecule has 2 fully saturated rings. The molecule has 2 aliphatic rings. The number of rotatable bonds is 7. The Morgan fingerprint density at radius 3 is 2.59 bits per heavy atom. The highest BCUT2D eigenvalue weighted by Crippen LogP contribution is 2.31. The van der Waals surface area contributed by atoms with Crippen LogP contribution in [0.2, 0.25) is 0 Å². The van der Waals surface area contributed by atoms with Crippen LogP contribution in [0.25, 0.3) is 0 Å². The van der Waals surface area contributed by atoms with Crippen LogP contribution in [0.3, 0.4) is 0 Å². The van der Waals surface area contributed by atoms with Gasteiger partial charge >= 0.3 is 0 Å². The minimum Gasteiger partial charge on any atom is -0.396 e. The number of hydrogen-bond acceptors (Lipinski definition) is 4. The lowest BCUT2D eigenvalue weighted by atomic mass is 9.91. The van der Waals surface area contributed by atoms with E-state index in [1.807, 2.05) is 0 Å². The lowest BCUT2D eigenvalue weighted by molar-refractivity contribution is 0.114. The zero-order chi connectivity index (χ0) is 12.1. The number of aliphatic hydroxyl groups excluding tert-OH is 2. The van der Waals surface area contributed by atoms with Gasteiger partial charge in [-0.2, -0.15) is 0 Å². The lowest BCUT2D eigenvalue weighted by Gasteiger charge is -2.38. The van der Waals surface area contributed by atoms with Gasteiger partial charge < -0.3 is 15.5 Å². The maximum atomic E-state index is 9.09. The van der Waals surface area contributed by atoms with Crippen molar-refractivity contribution >= 4 is 0 Å². The molecule has 17 heavy (non-hydrogen) atoms. The number of nitrogens with zero attached hydrogens (tertiary/aromatic N) is 1. The summed E-state index contributed by atoms with van der Waals surface area (Å²) in [4.78, 5) is 2.60. The van der Waals surface area contributed by atoms with E-state index in [-0.39, 0.29) is 6.61 Å². The Morgan fingerprint density at radius 1 is 1.12 bits per heavy atom. The summed E-state index contributed by atoms with van der Waals surface area (Å²) < 4.78 is 0. The summed E-state index contributed by atoms with van der Waals surface area (Å²) in [6.07, 6.45) is 5.66. The molecule has 2 rings (SSSR count). The molecule has 2 unspecified atom stereocenters. The fourth-order valence-electron chi connectivity index (χ4n) is 2.90. The molecule has 0 aromatic heterocycles. The number of hydrogen-bond donors (Lipinski definition) is 3. The summed E-state index contributed by atoms with van der Waals surface area (Å²) >= 11 is 0. The zero-order valence-corrected chi connectivity index (χ0v) is 10.6. The molecule has 3 N–H and O–H groups in total. The predicted molar refractivity (Wildman–Crippen MR) is 67.9 cm³/mol. The third-order valence-corrected chi connectivity index (χ3v) is 3.93. The second-order valence-electron chi connectivity index (χ2n) is 5.53. The maximum Gasteiger partial charge on any atom is 0.0443 e.